The van der Waals surface area contributed by atoms with Gasteiger partial charge in [-0.05, 0) is 29.3 Å². The summed E-state index contributed by atoms with van der Waals surface area (Å²) in [5.74, 6) is 2.27. The minimum Gasteiger partial charge on any atom is -0.470 e. The fourth-order valence-electron chi connectivity index (χ4n) is 8.23. The van der Waals surface area contributed by atoms with Crippen molar-refractivity contribution in [1.82, 2.24) is 14.7 Å². The molecule has 3 aliphatic heterocycles. The second kappa shape index (κ2) is 16.0. The monoisotopic (exact) mass is 747 g/mol. The Hall–Kier alpha value is -7.36. The minimum absolute atomic E-state index is 1.13. The Bertz CT molecular complexity index is 2320. The van der Waals surface area contributed by atoms with E-state index in [1.165, 1.54) is 0 Å². The normalized spacial score (nSPS) is 15.6. The van der Waals surface area contributed by atoms with Crippen LogP contribution < -0.4 is 0 Å². The van der Waals surface area contributed by atoms with E-state index >= 15 is 0 Å². The maximum absolute atomic E-state index is 2.38. The molecule has 58 heavy (non-hydrogen) atoms. The lowest BCUT2D eigenvalue weighted by Gasteiger charge is -2.48. The third-order valence-electron chi connectivity index (χ3n) is 11.2. The quantitative estimate of drug-likeness (QED) is 0.144. The third-order valence-corrected chi connectivity index (χ3v) is 11.2. The van der Waals surface area contributed by atoms with E-state index in [1.807, 2.05) is 0 Å². The Morgan fingerprint density at radius 2 is 0.500 bits per heavy atom. The van der Waals surface area contributed by atoms with E-state index in [9.17, 15) is 0 Å². The Morgan fingerprint density at radius 1 is 0.293 bits per heavy atom. The van der Waals surface area contributed by atoms with E-state index in [-0.39, 0.29) is 0 Å². The lowest BCUT2D eigenvalue weighted by molar-refractivity contribution is 0.670. The van der Waals surface area contributed by atoms with Gasteiger partial charge in [0.25, 0.3) is 0 Å². The summed E-state index contributed by atoms with van der Waals surface area (Å²) in [6.07, 6.45) is 14.3. The summed E-state index contributed by atoms with van der Waals surface area (Å²) < 4.78 is 0. The standard InChI is InChI=1S/C55H45N3/c1-56-49(40-22-10-4-11-23-40)34-46(35-50(56)41-24-12-5-13-25-41)55(47-36-51(42-26-14-6-15-27-42)57(2)52(37-47)43-28-16-7-17-29-43)48-38-53(44-30-18-8-19-31-44)58(3)54(39-48)45-32-20-9-21-33-45/h4-39H,1-3H3/q-2. The van der Waals surface area contributed by atoms with Crippen LogP contribution in [0.15, 0.2) is 230 Å². The van der Waals surface area contributed by atoms with Crippen LogP contribution in [0, 0.1) is 11.8 Å². The average molecular weight is 748 g/mol. The molecule has 6 aromatic carbocycles. The number of rotatable bonds is 8. The lowest BCUT2D eigenvalue weighted by Crippen LogP contribution is -2.25. The van der Waals surface area contributed by atoms with Crippen LogP contribution in [0.25, 0.3) is 34.2 Å². The third kappa shape index (κ3) is 7.11. The Kier molecular flexibility index (Phi) is 10.0. The van der Waals surface area contributed by atoms with Crippen molar-refractivity contribution in [3.63, 3.8) is 0 Å². The van der Waals surface area contributed by atoms with Crippen LogP contribution in [0.1, 0.15) is 33.4 Å². The molecule has 0 aromatic heterocycles. The van der Waals surface area contributed by atoms with Crippen molar-refractivity contribution >= 4 is 34.2 Å². The molecule has 0 aliphatic carbocycles. The molecule has 0 fully saturated rings. The highest BCUT2D eigenvalue weighted by Crippen LogP contribution is 2.47. The number of allylic oxidation sites excluding steroid dienone is 8. The van der Waals surface area contributed by atoms with Crippen LogP contribution in [0.2, 0.25) is 0 Å². The van der Waals surface area contributed by atoms with Crippen molar-refractivity contribution in [2.24, 2.45) is 0 Å². The molecule has 9 rings (SSSR count). The van der Waals surface area contributed by atoms with Gasteiger partial charge < -0.3 is 14.7 Å². The van der Waals surface area contributed by atoms with Crippen LogP contribution >= 0.6 is 0 Å². The van der Waals surface area contributed by atoms with Crippen molar-refractivity contribution in [2.45, 2.75) is 0 Å². The molecule has 3 nitrogen and oxygen atoms in total. The number of hydrogen-bond donors (Lipinski definition) is 0. The van der Waals surface area contributed by atoms with Gasteiger partial charge in [-0.2, -0.15) is 18.1 Å². The fourth-order valence-corrected chi connectivity index (χ4v) is 8.23. The number of nitrogens with zero attached hydrogens (tertiary/aromatic N) is 3. The molecule has 0 saturated carbocycles. The molecule has 282 valence electrons. The van der Waals surface area contributed by atoms with Gasteiger partial charge in [0.05, 0.1) is 0 Å². The summed E-state index contributed by atoms with van der Waals surface area (Å²) >= 11 is 0. The summed E-state index contributed by atoms with van der Waals surface area (Å²) in [6, 6.07) is 64.5. The molecule has 3 heterocycles. The van der Waals surface area contributed by atoms with E-state index in [2.05, 4.69) is 254 Å². The van der Waals surface area contributed by atoms with E-state index in [0.717, 1.165) is 90.5 Å². The molecule has 0 N–H and O–H groups in total. The largest absolute Gasteiger partial charge is 0.470 e. The maximum atomic E-state index is 2.38. The van der Waals surface area contributed by atoms with E-state index in [0.29, 0.717) is 0 Å². The van der Waals surface area contributed by atoms with Gasteiger partial charge in [0.15, 0.2) is 0 Å². The fraction of sp³-hybridized carbons (Fsp3) is 0.0545. The first kappa shape index (κ1) is 36.3. The smallest absolute Gasteiger partial charge is 0.0341 e. The van der Waals surface area contributed by atoms with Gasteiger partial charge in [-0.15, -0.1) is 11.5 Å². The van der Waals surface area contributed by atoms with Gasteiger partial charge >= 0.3 is 0 Å². The molecule has 0 radical (unpaired) electrons. The van der Waals surface area contributed by atoms with Gasteiger partial charge in [0, 0.05) is 36.9 Å². The van der Waals surface area contributed by atoms with Gasteiger partial charge in [-0.1, -0.05) is 229 Å². The first-order chi connectivity index (χ1) is 28.5. The number of benzene rings is 6. The highest BCUT2D eigenvalue weighted by molar-refractivity contribution is 5.91. The Morgan fingerprint density at radius 3 is 0.741 bits per heavy atom. The molecule has 3 aliphatic rings. The molecule has 3 heteroatoms. The van der Waals surface area contributed by atoms with E-state index in [1.54, 1.807) is 0 Å². The van der Waals surface area contributed by atoms with E-state index in [4.69, 9.17) is 0 Å². The predicted octanol–water partition coefficient (Wildman–Crippen LogP) is 12.5. The summed E-state index contributed by atoms with van der Waals surface area (Å²) in [5, 5.41) is 0. The summed E-state index contributed by atoms with van der Waals surface area (Å²) in [6.45, 7) is 0. The zero-order valence-corrected chi connectivity index (χ0v) is 33.1. The van der Waals surface area contributed by atoms with Crippen molar-refractivity contribution in [1.29, 1.82) is 0 Å². The van der Waals surface area contributed by atoms with Gasteiger partial charge in [0.2, 0.25) is 0 Å². The Balaban J connectivity index is 1.37. The van der Waals surface area contributed by atoms with Crippen molar-refractivity contribution in [3.05, 3.63) is 275 Å². The zero-order chi connectivity index (χ0) is 39.4. The topological polar surface area (TPSA) is 9.72 Å². The molecular weight excluding hydrogens is 703 g/mol. The van der Waals surface area contributed by atoms with Crippen LogP contribution in [0.4, 0.5) is 0 Å². The first-order valence-corrected chi connectivity index (χ1v) is 19.9. The SMILES string of the molecule is CN1C(c2ccccc2)=CC(=C([C-]2C=C(c3ccccc3)N(C)C(c3ccccc3)=C2)[C-]2C=C(c3ccccc3)N(C)C(c3ccccc3)=C2)C=C1c1ccccc1. The molecule has 0 bridgehead atoms. The summed E-state index contributed by atoms with van der Waals surface area (Å²) in [4.78, 5) is 6.99. The highest BCUT2D eigenvalue weighted by Gasteiger charge is 2.24. The Labute approximate surface area is 343 Å². The zero-order valence-electron chi connectivity index (χ0n) is 33.1. The van der Waals surface area contributed by atoms with Gasteiger partial charge in [-0.25, -0.2) is 5.57 Å². The highest BCUT2D eigenvalue weighted by atomic mass is 15.1. The number of hydrogen-bond acceptors (Lipinski definition) is 3. The van der Waals surface area contributed by atoms with Crippen LogP contribution in [-0.2, 0) is 0 Å². The van der Waals surface area contributed by atoms with Crippen LogP contribution in [-0.4, -0.2) is 35.8 Å². The van der Waals surface area contributed by atoms with E-state index < -0.39 is 0 Å². The summed E-state index contributed by atoms with van der Waals surface area (Å²) in [7, 11) is 6.55. The lowest BCUT2D eigenvalue weighted by atomic mass is 9.77. The minimum atomic E-state index is 1.13. The van der Waals surface area contributed by atoms with Crippen molar-refractivity contribution < 1.29 is 0 Å². The molecular formula is C55H45N3-2. The average Bonchev–Trinajstić information content (AvgIpc) is 3.29. The molecule has 0 amide bonds. The molecule has 0 saturated heterocycles. The predicted molar refractivity (Wildman–Crippen MR) is 243 cm³/mol. The summed E-state index contributed by atoms with van der Waals surface area (Å²) in [5.41, 5.74) is 16.1. The second-order valence-corrected chi connectivity index (χ2v) is 14.8. The first-order valence-electron chi connectivity index (χ1n) is 19.9. The van der Waals surface area contributed by atoms with Gasteiger partial charge in [0.1, 0.15) is 0 Å². The maximum Gasteiger partial charge on any atom is 0.0341 e. The molecule has 0 atom stereocenters. The molecule has 0 unspecified atom stereocenters. The van der Waals surface area contributed by atoms with Gasteiger partial charge in [-0.3, -0.25) is 0 Å². The van der Waals surface area contributed by atoms with Crippen molar-refractivity contribution in [2.75, 3.05) is 21.1 Å². The molecule has 0 spiro atoms. The van der Waals surface area contributed by atoms with Crippen LogP contribution in [0.3, 0.4) is 0 Å². The van der Waals surface area contributed by atoms with Crippen LogP contribution in [0.5, 0.6) is 0 Å². The second-order valence-electron chi connectivity index (χ2n) is 14.8. The molecule has 6 aromatic rings. The van der Waals surface area contributed by atoms with Crippen molar-refractivity contribution in [3.8, 4) is 0 Å².